The second kappa shape index (κ2) is 10.9. The summed E-state index contributed by atoms with van der Waals surface area (Å²) in [6, 6.07) is 10.9. The number of carbonyl (C=O) groups excluding carboxylic acids is 1. The van der Waals surface area contributed by atoms with Crippen LogP contribution in [0.3, 0.4) is 0 Å². The van der Waals surface area contributed by atoms with Gasteiger partial charge in [-0.05, 0) is 43.3 Å². The van der Waals surface area contributed by atoms with Gasteiger partial charge in [0.1, 0.15) is 18.0 Å². The van der Waals surface area contributed by atoms with Gasteiger partial charge in [-0.1, -0.05) is 5.16 Å². The molecule has 1 amide bonds. The molecule has 3 rings (SSSR count). The molecule has 0 aliphatic rings. The molecule has 0 saturated carbocycles. The minimum atomic E-state index is -0.208. The monoisotopic (exact) mass is 412 g/mol. The number of anilines is 1. The number of hydrogen-bond acceptors (Lipinski definition) is 8. The first-order chi connectivity index (χ1) is 14.7. The second-order valence-corrected chi connectivity index (χ2v) is 6.21. The van der Waals surface area contributed by atoms with Gasteiger partial charge in [-0.15, -0.1) is 0 Å². The molecule has 2 aromatic heterocycles. The third-order valence-electron chi connectivity index (χ3n) is 4.03. The molecule has 0 bridgehead atoms. The Morgan fingerprint density at radius 1 is 1.13 bits per heavy atom. The fraction of sp³-hybridized carbons (Fsp3) is 0.333. The molecule has 0 radical (unpaired) electrons. The van der Waals surface area contributed by atoms with Crippen molar-refractivity contribution >= 4 is 11.6 Å². The summed E-state index contributed by atoms with van der Waals surface area (Å²) < 4.78 is 21.2. The molecule has 0 saturated heterocycles. The van der Waals surface area contributed by atoms with Crippen LogP contribution >= 0.6 is 0 Å². The van der Waals surface area contributed by atoms with E-state index in [1.165, 1.54) is 0 Å². The Kier molecular flexibility index (Phi) is 7.73. The summed E-state index contributed by atoms with van der Waals surface area (Å²) in [6.07, 6.45) is 2.09. The van der Waals surface area contributed by atoms with E-state index in [2.05, 4.69) is 20.4 Å². The summed E-state index contributed by atoms with van der Waals surface area (Å²) in [5.41, 5.74) is 1.31. The number of benzene rings is 1. The highest BCUT2D eigenvalue weighted by Gasteiger charge is 2.13. The zero-order valence-corrected chi connectivity index (χ0v) is 17.0. The van der Waals surface area contributed by atoms with Gasteiger partial charge in [0.2, 0.25) is 23.5 Å². The van der Waals surface area contributed by atoms with E-state index in [1.807, 2.05) is 31.2 Å². The van der Waals surface area contributed by atoms with E-state index in [9.17, 15) is 4.79 Å². The van der Waals surface area contributed by atoms with Crippen LogP contribution in [0.1, 0.15) is 19.2 Å². The van der Waals surface area contributed by atoms with Crippen molar-refractivity contribution in [3.8, 4) is 23.0 Å². The fourth-order valence-electron chi connectivity index (χ4n) is 2.60. The highest BCUT2D eigenvalue weighted by atomic mass is 16.5. The van der Waals surface area contributed by atoms with Gasteiger partial charge in [-0.25, -0.2) is 4.98 Å². The van der Waals surface area contributed by atoms with Crippen molar-refractivity contribution in [2.75, 3.05) is 32.2 Å². The van der Waals surface area contributed by atoms with Crippen molar-refractivity contribution in [2.45, 2.75) is 19.8 Å². The van der Waals surface area contributed by atoms with Crippen molar-refractivity contribution in [3.05, 3.63) is 48.5 Å². The standard InChI is InChI=1S/C21H24N4O5/c1-3-28-16-8-6-15(7-9-16)20-24-19(30-25-20)11-10-18(26)23-17-5-4-12-22-21(17)29-14-13-27-2/h4-9,12H,3,10-11,13-14H2,1-2H3,(H,23,26). The Labute approximate surface area is 174 Å². The van der Waals surface area contributed by atoms with E-state index >= 15 is 0 Å². The topological polar surface area (TPSA) is 109 Å². The number of carbonyl (C=O) groups is 1. The third kappa shape index (κ3) is 6.02. The lowest BCUT2D eigenvalue weighted by atomic mass is 10.2. The second-order valence-electron chi connectivity index (χ2n) is 6.21. The minimum absolute atomic E-state index is 0.178. The largest absolute Gasteiger partial charge is 0.494 e. The first kappa shape index (κ1) is 21.3. The van der Waals surface area contributed by atoms with Gasteiger partial charge < -0.3 is 24.1 Å². The lowest BCUT2D eigenvalue weighted by molar-refractivity contribution is -0.116. The quantitative estimate of drug-likeness (QED) is 0.479. The van der Waals surface area contributed by atoms with E-state index in [0.717, 1.165) is 11.3 Å². The zero-order valence-electron chi connectivity index (χ0n) is 17.0. The molecule has 0 aliphatic heterocycles. The van der Waals surface area contributed by atoms with Crippen LogP contribution in [0.2, 0.25) is 0 Å². The first-order valence-electron chi connectivity index (χ1n) is 9.62. The molecule has 1 N–H and O–H groups in total. The lowest BCUT2D eigenvalue weighted by Gasteiger charge is -2.10. The van der Waals surface area contributed by atoms with Crippen molar-refractivity contribution in [1.82, 2.24) is 15.1 Å². The summed E-state index contributed by atoms with van der Waals surface area (Å²) in [7, 11) is 1.59. The Morgan fingerprint density at radius 2 is 1.97 bits per heavy atom. The smallest absolute Gasteiger partial charge is 0.237 e. The molecular weight excluding hydrogens is 388 g/mol. The van der Waals surface area contributed by atoms with Crippen molar-refractivity contribution in [1.29, 1.82) is 0 Å². The molecule has 0 aliphatic carbocycles. The predicted octanol–water partition coefficient (Wildman–Crippen LogP) is 3.13. The molecule has 9 heteroatoms. The molecule has 0 fully saturated rings. The third-order valence-corrected chi connectivity index (χ3v) is 4.03. The average molecular weight is 412 g/mol. The molecule has 1 aromatic carbocycles. The van der Waals surface area contributed by atoms with Crippen LogP contribution in [-0.4, -0.2) is 48.0 Å². The van der Waals surface area contributed by atoms with Crippen LogP contribution in [0, 0.1) is 0 Å². The van der Waals surface area contributed by atoms with Gasteiger partial charge in [0.05, 0.1) is 13.2 Å². The fourth-order valence-corrected chi connectivity index (χ4v) is 2.60. The van der Waals surface area contributed by atoms with Gasteiger partial charge in [-0.3, -0.25) is 4.79 Å². The normalized spacial score (nSPS) is 10.6. The van der Waals surface area contributed by atoms with Crippen LogP contribution in [0.5, 0.6) is 11.6 Å². The van der Waals surface area contributed by atoms with E-state index in [0.29, 0.717) is 49.5 Å². The van der Waals surface area contributed by atoms with E-state index in [1.54, 1.807) is 25.4 Å². The van der Waals surface area contributed by atoms with Gasteiger partial charge in [0, 0.05) is 31.7 Å². The van der Waals surface area contributed by atoms with Crippen molar-refractivity contribution in [2.24, 2.45) is 0 Å². The number of nitrogens with one attached hydrogen (secondary N) is 1. The van der Waals surface area contributed by atoms with Gasteiger partial charge in [0.25, 0.3) is 0 Å². The van der Waals surface area contributed by atoms with E-state index in [-0.39, 0.29) is 12.3 Å². The van der Waals surface area contributed by atoms with Gasteiger partial charge >= 0.3 is 0 Å². The highest BCUT2D eigenvalue weighted by Crippen LogP contribution is 2.22. The Hall–Kier alpha value is -3.46. The summed E-state index contributed by atoms with van der Waals surface area (Å²) >= 11 is 0. The number of aryl methyl sites for hydroxylation is 1. The van der Waals surface area contributed by atoms with Gasteiger partial charge in [0.15, 0.2) is 0 Å². The Bertz CT molecular complexity index is 943. The van der Waals surface area contributed by atoms with Crippen LogP contribution in [0.25, 0.3) is 11.4 Å². The summed E-state index contributed by atoms with van der Waals surface area (Å²) in [5, 5.41) is 6.77. The number of ether oxygens (including phenoxy) is 3. The van der Waals surface area contributed by atoms with Crippen molar-refractivity contribution in [3.63, 3.8) is 0 Å². The summed E-state index contributed by atoms with van der Waals surface area (Å²) in [6.45, 7) is 3.30. The van der Waals surface area contributed by atoms with Gasteiger partial charge in [-0.2, -0.15) is 4.98 Å². The van der Waals surface area contributed by atoms with Crippen LogP contribution in [0.4, 0.5) is 5.69 Å². The maximum Gasteiger partial charge on any atom is 0.237 e. The highest BCUT2D eigenvalue weighted by molar-refractivity contribution is 5.91. The number of rotatable bonds is 11. The zero-order chi connectivity index (χ0) is 21.2. The molecule has 0 atom stereocenters. The SMILES string of the molecule is CCOc1ccc(-c2noc(CCC(=O)Nc3cccnc3OCCOC)n2)cc1. The van der Waals surface area contributed by atoms with E-state index in [4.69, 9.17) is 18.7 Å². The van der Waals surface area contributed by atoms with E-state index < -0.39 is 0 Å². The molecular formula is C21H24N4O5. The Balaban J connectivity index is 1.53. The number of amides is 1. The lowest BCUT2D eigenvalue weighted by Crippen LogP contribution is -2.14. The van der Waals surface area contributed by atoms with Crippen LogP contribution < -0.4 is 14.8 Å². The molecule has 9 nitrogen and oxygen atoms in total. The Morgan fingerprint density at radius 3 is 2.73 bits per heavy atom. The summed E-state index contributed by atoms with van der Waals surface area (Å²) in [4.78, 5) is 20.8. The number of methoxy groups -OCH3 is 1. The molecule has 3 aromatic rings. The molecule has 0 spiro atoms. The molecule has 0 unspecified atom stereocenters. The van der Waals surface area contributed by atoms with Crippen LogP contribution in [0.15, 0.2) is 47.1 Å². The van der Waals surface area contributed by atoms with Crippen molar-refractivity contribution < 1.29 is 23.5 Å². The number of pyridine rings is 1. The van der Waals surface area contributed by atoms with Crippen LogP contribution in [-0.2, 0) is 16.0 Å². The first-order valence-corrected chi connectivity index (χ1v) is 9.62. The molecule has 158 valence electrons. The number of hydrogen-bond donors (Lipinski definition) is 1. The molecule has 30 heavy (non-hydrogen) atoms. The maximum atomic E-state index is 12.3. The minimum Gasteiger partial charge on any atom is -0.494 e. The number of aromatic nitrogens is 3. The number of nitrogens with zero attached hydrogens (tertiary/aromatic N) is 3. The molecule has 2 heterocycles. The predicted molar refractivity (Wildman–Crippen MR) is 109 cm³/mol. The maximum absolute atomic E-state index is 12.3. The average Bonchev–Trinajstić information content (AvgIpc) is 3.24. The summed E-state index contributed by atoms with van der Waals surface area (Å²) in [5.74, 6) is 1.77.